The molecule has 0 aliphatic heterocycles. The quantitative estimate of drug-likeness (QED) is 0.910. The van der Waals surface area contributed by atoms with Crippen LogP contribution in [0.4, 0.5) is 0 Å². The van der Waals surface area contributed by atoms with Crippen LogP contribution in [0.15, 0.2) is 47.1 Å². The summed E-state index contributed by atoms with van der Waals surface area (Å²) in [5, 5.41) is 10.6. The maximum absolute atomic E-state index is 10.6. The lowest BCUT2D eigenvalue weighted by atomic mass is 9.90. The van der Waals surface area contributed by atoms with Crippen LogP contribution >= 0.6 is 15.9 Å². The van der Waals surface area contributed by atoms with E-state index in [1.54, 1.807) is 6.20 Å². The monoisotopic (exact) mass is 320 g/mol. The van der Waals surface area contributed by atoms with E-state index in [0.29, 0.717) is 6.54 Å². The zero-order valence-corrected chi connectivity index (χ0v) is 12.3. The summed E-state index contributed by atoms with van der Waals surface area (Å²) in [6, 6.07) is 11.5. The van der Waals surface area contributed by atoms with Crippen molar-refractivity contribution < 1.29 is 5.11 Å². The molecule has 4 heteroatoms. The highest BCUT2D eigenvalue weighted by Gasteiger charge is 2.24. The topological polar surface area (TPSA) is 59.1 Å². The Morgan fingerprint density at radius 1 is 1.26 bits per heavy atom. The van der Waals surface area contributed by atoms with Crippen molar-refractivity contribution in [3.63, 3.8) is 0 Å². The third kappa shape index (κ3) is 3.03. The Balaban J connectivity index is 2.36. The maximum Gasteiger partial charge on any atom is 0.0888 e. The largest absolute Gasteiger partial charge is 0.388 e. The molecule has 1 heterocycles. The van der Waals surface area contributed by atoms with Gasteiger partial charge in [-0.05, 0) is 36.2 Å². The van der Waals surface area contributed by atoms with Crippen LogP contribution in [0.3, 0.4) is 0 Å². The number of aliphatic hydroxyl groups excluding tert-OH is 1. The number of rotatable bonds is 4. The molecular weight excluding hydrogens is 304 g/mol. The van der Waals surface area contributed by atoms with Crippen LogP contribution < -0.4 is 5.73 Å². The fourth-order valence-corrected chi connectivity index (χ4v) is 2.55. The van der Waals surface area contributed by atoms with Gasteiger partial charge in [-0.3, -0.25) is 4.98 Å². The summed E-state index contributed by atoms with van der Waals surface area (Å²) in [6.07, 6.45) is 1.07. The van der Waals surface area contributed by atoms with Gasteiger partial charge in [0.25, 0.3) is 0 Å². The molecule has 0 aliphatic carbocycles. The molecule has 3 N–H and O–H groups in total. The first-order valence-corrected chi connectivity index (χ1v) is 6.98. The Labute approximate surface area is 121 Å². The van der Waals surface area contributed by atoms with Gasteiger partial charge in [-0.25, -0.2) is 0 Å². The van der Waals surface area contributed by atoms with E-state index < -0.39 is 6.10 Å². The molecule has 0 aliphatic rings. The summed E-state index contributed by atoms with van der Waals surface area (Å²) in [7, 11) is 0. The van der Waals surface area contributed by atoms with Crippen molar-refractivity contribution in [3.05, 3.63) is 63.9 Å². The van der Waals surface area contributed by atoms with Gasteiger partial charge in [0.2, 0.25) is 0 Å². The zero-order valence-electron chi connectivity index (χ0n) is 10.8. The number of aliphatic hydroxyl groups is 1. The number of aromatic nitrogens is 1. The van der Waals surface area contributed by atoms with Crippen molar-refractivity contribution in [3.8, 4) is 0 Å². The molecule has 3 nitrogen and oxygen atoms in total. The molecule has 100 valence electrons. The Hall–Kier alpha value is -1.23. The van der Waals surface area contributed by atoms with Gasteiger partial charge in [-0.2, -0.15) is 0 Å². The van der Waals surface area contributed by atoms with Gasteiger partial charge in [0.15, 0.2) is 0 Å². The highest BCUT2D eigenvalue weighted by molar-refractivity contribution is 9.10. The van der Waals surface area contributed by atoms with Gasteiger partial charge >= 0.3 is 0 Å². The summed E-state index contributed by atoms with van der Waals surface area (Å²) < 4.78 is 0.987. The molecule has 2 unspecified atom stereocenters. The first kappa shape index (κ1) is 14.2. The highest BCUT2D eigenvalue weighted by Crippen LogP contribution is 2.33. The van der Waals surface area contributed by atoms with Crippen molar-refractivity contribution in [2.45, 2.75) is 18.9 Å². The van der Waals surface area contributed by atoms with Gasteiger partial charge < -0.3 is 10.8 Å². The lowest BCUT2D eigenvalue weighted by molar-refractivity contribution is 0.145. The minimum atomic E-state index is -0.655. The first-order chi connectivity index (χ1) is 9.15. The summed E-state index contributed by atoms with van der Waals surface area (Å²) >= 11 is 3.48. The lowest BCUT2D eigenvalue weighted by Gasteiger charge is -2.23. The Bertz CT molecular complexity index is 545. The van der Waals surface area contributed by atoms with Crippen LogP contribution in [0.2, 0.25) is 0 Å². The molecule has 2 atom stereocenters. The Morgan fingerprint density at radius 2 is 2.05 bits per heavy atom. The van der Waals surface area contributed by atoms with Gasteiger partial charge in [-0.15, -0.1) is 0 Å². The summed E-state index contributed by atoms with van der Waals surface area (Å²) in [4.78, 5) is 4.30. The van der Waals surface area contributed by atoms with E-state index in [1.807, 2.05) is 43.3 Å². The van der Waals surface area contributed by atoms with Crippen LogP contribution in [-0.4, -0.2) is 16.6 Å². The van der Waals surface area contributed by atoms with Crippen LogP contribution in [-0.2, 0) is 0 Å². The molecule has 1 aromatic heterocycles. The fourth-order valence-electron chi connectivity index (χ4n) is 2.17. The molecule has 0 fully saturated rings. The van der Waals surface area contributed by atoms with Gasteiger partial charge in [0, 0.05) is 28.8 Å². The van der Waals surface area contributed by atoms with Crippen LogP contribution in [0.1, 0.15) is 28.8 Å². The highest BCUT2D eigenvalue weighted by atomic mass is 79.9. The van der Waals surface area contributed by atoms with Crippen molar-refractivity contribution in [2.24, 2.45) is 5.73 Å². The Morgan fingerprint density at radius 3 is 2.68 bits per heavy atom. The molecule has 0 spiro atoms. The second kappa shape index (κ2) is 6.28. The van der Waals surface area contributed by atoms with E-state index in [9.17, 15) is 5.11 Å². The molecule has 2 rings (SSSR count). The molecule has 0 saturated heterocycles. The maximum atomic E-state index is 10.6. The van der Waals surface area contributed by atoms with Crippen LogP contribution in [0, 0.1) is 6.92 Å². The third-order valence-corrected chi connectivity index (χ3v) is 4.19. The molecule has 0 radical (unpaired) electrons. The van der Waals surface area contributed by atoms with Crippen LogP contribution in [0.25, 0.3) is 0 Å². The van der Waals surface area contributed by atoms with E-state index in [1.165, 1.54) is 0 Å². The van der Waals surface area contributed by atoms with Crippen molar-refractivity contribution in [1.82, 2.24) is 4.98 Å². The van der Waals surface area contributed by atoms with Gasteiger partial charge in [0.05, 0.1) is 6.10 Å². The molecule has 19 heavy (non-hydrogen) atoms. The molecule has 1 aromatic carbocycles. The van der Waals surface area contributed by atoms with Crippen molar-refractivity contribution >= 4 is 15.9 Å². The first-order valence-electron chi connectivity index (χ1n) is 6.19. The third-order valence-electron chi connectivity index (χ3n) is 3.33. The predicted octanol–water partition coefficient (Wildman–Crippen LogP) is 2.93. The van der Waals surface area contributed by atoms with Crippen LogP contribution in [0.5, 0.6) is 0 Å². The Kier molecular flexibility index (Phi) is 4.69. The summed E-state index contributed by atoms with van der Waals surface area (Å²) in [6.45, 7) is 2.33. The molecule has 0 bridgehead atoms. The minimum absolute atomic E-state index is 0.200. The van der Waals surface area contributed by atoms with Crippen molar-refractivity contribution in [1.29, 1.82) is 0 Å². The predicted molar refractivity (Wildman–Crippen MR) is 79.9 cm³/mol. The number of pyridine rings is 1. The van der Waals surface area contributed by atoms with Gasteiger partial charge in [0.1, 0.15) is 0 Å². The van der Waals surface area contributed by atoms with E-state index in [-0.39, 0.29) is 5.92 Å². The number of halogens is 1. The number of hydrogen-bond acceptors (Lipinski definition) is 3. The number of benzene rings is 1. The smallest absolute Gasteiger partial charge is 0.0888 e. The normalized spacial score (nSPS) is 14.1. The standard InChI is InChI=1S/C15H17BrN2O/c1-10-11(5-4-6-13(10)16)15(19)12(9-17)14-7-2-3-8-18-14/h2-8,12,15,19H,9,17H2,1H3. The van der Waals surface area contributed by atoms with Gasteiger partial charge in [-0.1, -0.05) is 34.1 Å². The second-order valence-electron chi connectivity index (χ2n) is 4.50. The molecule has 2 aromatic rings. The number of nitrogens with zero attached hydrogens (tertiary/aromatic N) is 1. The van der Waals surface area contributed by atoms with E-state index in [4.69, 9.17) is 5.73 Å². The van der Waals surface area contributed by atoms with Crippen molar-refractivity contribution in [2.75, 3.05) is 6.54 Å². The lowest BCUT2D eigenvalue weighted by Crippen LogP contribution is -2.21. The average molecular weight is 321 g/mol. The molecule has 0 saturated carbocycles. The SMILES string of the molecule is Cc1c(Br)cccc1C(O)C(CN)c1ccccn1. The zero-order chi connectivity index (χ0) is 13.8. The number of hydrogen-bond donors (Lipinski definition) is 2. The summed E-state index contributed by atoms with van der Waals surface area (Å²) in [5.74, 6) is -0.200. The fraction of sp³-hybridized carbons (Fsp3) is 0.267. The second-order valence-corrected chi connectivity index (χ2v) is 5.35. The summed E-state index contributed by atoms with van der Waals surface area (Å²) in [5.41, 5.74) is 8.55. The number of nitrogens with two attached hydrogens (primary N) is 1. The van der Waals surface area contributed by atoms with E-state index >= 15 is 0 Å². The van der Waals surface area contributed by atoms with E-state index in [2.05, 4.69) is 20.9 Å². The van der Waals surface area contributed by atoms with E-state index in [0.717, 1.165) is 21.3 Å². The molecule has 0 amide bonds. The average Bonchev–Trinajstić information content (AvgIpc) is 2.44. The molecular formula is C15H17BrN2O. The minimum Gasteiger partial charge on any atom is -0.388 e.